The van der Waals surface area contributed by atoms with Crippen molar-refractivity contribution in [2.24, 2.45) is 0 Å². The predicted octanol–water partition coefficient (Wildman–Crippen LogP) is 4.03. The molecule has 1 rings (SSSR count). The maximum Gasteiger partial charge on any atom is 0.136 e. The molecule has 0 unspecified atom stereocenters. The van der Waals surface area contributed by atoms with E-state index < -0.39 is 0 Å². The topological polar surface area (TPSA) is 17.1 Å². The fraction of sp³-hybridized carbons (Fsp3) is 0.667. The van der Waals surface area contributed by atoms with E-state index in [-0.39, 0.29) is 0 Å². The Morgan fingerprint density at radius 3 is 2.50 bits per heavy atom. The molecule has 0 spiro atoms. The van der Waals surface area contributed by atoms with Crippen LogP contribution in [0.4, 0.5) is 0 Å². The van der Waals surface area contributed by atoms with Crippen molar-refractivity contribution in [1.29, 1.82) is 0 Å². The number of Topliss-reactive ketones (excluding diaryl/α,β-unsaturated/α-hetero) is 1. The van der Waals surface area contributed by atoms with E-state index in [0.717, 1.165) is 38.5 Å². The second-order valence-electron chi connectivity index (χ2n) is 4.37. The molecule has 0 saturated heterocycles. The zero-order valence-corrected chi connectivity index (χ0v) is 10.1. The molecule has 0 atom stereocenters. The molecule has 1 nitrogen and oxygen atoms in total. The fourth-order valence-corrected chi connectivity index (χ4v) is 1.81. The number of hydrogen-bond donors (Lipinski definition) is 0. The second-order valence-corrected chi connectivity index (χ2v) is 4.37. The Hall–Kier alpha value is -1.03. The van der Waals surface area contributed by atoms with Crippen molar-refractivity contribution < 1.29 is 4.79 Å². The molecule has 1 aliphatic carbocycles. The van der Waals surface area contributed by atoms with Gasteiger partial charge in [-0.2, -0.15) is 0 Å². The van der Waals surface area contributed by atoms with Crippen LogP contribution in [0.1, 0.15) is 64.2 Å². The smallest absolute Gasteiger partial charge is 0.136 e. The molecule has 0 fully saturated rings. The van der Waals surface area contributed by atoms with Crippen LogP contribution < -0.4 is 0 Å². The number of hydrogen-bond acceptors (Lipinski definition) is 1. The first kappa shape index (κ1) is 13.0. The predicted molar refractivity (Wildman–Crippen MR) is 68.1 cm³/mol. The normalized spacial score (nSPS) is 22.4. The number of carbonyl (C=O) groups excluding carboxylic acids is 1. The Bertz CT molecular complexity index is 278. The van der Waals surface area contributed by atoms with E-state index in [0.29, 0.717) is 12.2 Å². The first-order valence-corrected chi connectivity index (χ1v) is 6.52. The third-order valence-electron chi connectivity index (χ3n) is 2.82. The lowest BCUT2D eigenvalue weighted by atomic mass is 10.1. The largest absolute Gasteiger partial charge is 0.299 e. The Labute approximate surface area is 99.3 Å². The molecule has 0 heterocycles. The fourth-order valence-electron chi connectivity index (χ4n) is 1.81. The van der Waals surface area contributed by atoms with Gasteiger partial charge in [0.15, 0.2) is 0 Å². The number of rotatable bonds is 0. The van der Waals surface area contributed by atoms with Gasteiger partial charge in [-0.1, -0.05) is 25.0 Å². The van der Waals surface area contributed by atoms with Crippen LogP contribution in [0.5, 0.6) is 0 Å². The lowest BCUT2D eigenvalue weighted by Gasteiger charge is -1.98. The lowest BCUT2D eigenvalue weighted by Crippen LogP contribution is -1.95. The van der Waals surface area contributed by atoms with Gasteiger partial charge in [0.25, 0.3) is 0 Å². The van der Waals surface area contributed by atoms with Crippen molar-refractivity contribution in [2.45, 2.75) is 64.2 Å². The second kappa shape index (κ2) is 9.21. The molecule has 0 saturated carbocycles. The minimum Gasteiger partial charge on any atom is -0.299 e. The van der Waals surface area contributed by atoms with Gasteiger partial charge in [0.1, 0.15) is 5.78 Å². The van der Waals surface area contributed by atoms with Crippen LogP contribution in [0.25, 0.3) is 0 Å². The summed E-state index contributed by atoms with van der Waals surface area (Å²) in [5, 5.41) is 0. The van der Waals surface area contributed by atoms with Crippen molar-refractivity contribution in [2.75, 3.05) is 0 Å². The molecule has 0 N–H and O–H groups in total. The number of allylic oxidation sites excluding steroid dienone is 2. The molecule has 0 aromatic carbocycles. The van der Waals surface area contributed by atoms with Crippen molar-refractivity contribution in [3.05, 3.63) is 12.2 Å². The molecule has 1 heteroatoms. The molecule has 0 amide bonds. The molecule has 1 aliphatic rings. The van der Waals surface area contributed by atoms with Crippen molar-refractivity contribution in [3.8, 4) is 11.8 Å². The maximum atomic E-state index is 11.4. The van der Waals surface area contributed by atoms with E-state index in [9.17, 15) is 4.79 Å². The zero-order chi connectivity index (χ0) is 11.5. The number of carbonyl (C=O) groups is 1. The number of ketones is 1. The molecule has 16 heavy (non-hydrogen) atoms. The third-order valence-corrected chi connectivity index (χ3v) is 2.82. The van der Waals surface area contributed by atoms with Gasteiger partial charge in [-0.15, -0.1) is 11.8 Å². The van der Waals surface area contributed by atoms with E-state index in [1.807, 2.05) is 6.08 Å². The average molecular weight is 218 g/mol. The van der Waals surface area contributed by atoms with Crippen LogP contribution in [0.15, 0.2) is 12.2 Å². The quantitative estimate of drug-likeness (QED) is 0.443. The summed E-state index contributed by atoms with van der Waals surface area (Å²) in [6.45, 7) is 0. The van der Waals surface area contributed by atoms with Gasteiger partial charge in [0, 0.05) is 25.7 Å². The Balaban J connectivity index is 2.30. The molecular formula is C15H22O. The highest BCUT2D eigenvalue weighted by molar-refractivity contribution is 5.79. The van der Waals surface area contributed by atoms with Crippen molar-refractivity contribution in [3.63, 3.8) is 0 Å². The minimum atomic E-state index is 0.391. The third kappa shape index (κ3) is 7.29. The van der Waals surface area contributed by atoms with Gasteiger partial charge in [-0.05, 0) is 25.7 Å². The van der Waals surface area contributed by atoms with Gasteiger partial charge in [0.05, 0.1) is 0 Å². The van der Waals surface area contributed by atoms with Crippen LogP contribution in [-0.2, 0) is 4.79 Å². The summed E-state index contributed by atoms with van der Waals surface area (Å²) in [5.41, 5.74) is 0. The molecule has 0 aliphatic heterocycles. The summed E-state index contributed by atoms with van der Waals surface area (Å²) in [5.74, 6) is 6.83. The Kier molecular flexibility index (Phi) is 7.51. The molecular weight excluding hydrogens is 196 g/mol. The molecule has 88 valence electrons. The van der Waals surface area contributed by atoms with Crippen molar-refractivity contribution in [1.82, 2.24) is 0 Å². The summed E-state index contributed by atoms with van der Waals surface area (Å²) in [6.07, 6.45) is 14.4. The van der Waals surface area contributed by atoms with Gasteiger partial charge in [-0.3, -0.25) is 4.79 Å². The van der Waals surface area contributed by atoms with Crippen LogP contribution in [0.3, 0.4) is 0 Å². The SMILES string of the molecule is O=C1C/C=C\CCCC#CCCCCCC1. The average Bonchev–Trinajstić information content (AvgIpc) is 2.29. The van der Waals surface area contributed by atoms with E-state index >= 15 is 0 Å². The Morgan fingerprint density at radius 1 is 0.875 bits per heavy atom. The van der Waals surface area contributed by atoms with Crippen LogP contribution in [0.2, 0.25) is 0 Å². The maximum absolute atomic E-state index is 11.4. The van der Waals surface area contributed by atoms with Gasteiger partial charge >= 0.3 is 0 Å². The standard InChI is InChI=1S/C15H22O/c16-15-13-11-9-7-5-3-1-2-4-6-8-10-12-14-15/h9,11H,3-8,10,12-14H2/b11-9-. The van der Waals surface area contributed by atoms with Gasteiger partial charge in [-0.25, -0.2) is 0 Å². The highest BCUT2D eigenvalue weighted by atomic mass is 16.1. The van der Waals surface area contributed by atoms with Gasteiger partial charge in [0.2, 0.25) is 0 Å². The minimum absolute atomic E-state index is 0.391. The summed E-state index contributed by atoms with van der Waals surface area (Å²) in [6, 6.07) is 0. The lowest BCUT2D eigenvalue weighted by molar-refractivity contribution is -0.118. The molecule has 0 bridgehead atoms. The van der Waals surface area contributed by atoms with Gasteiger partial charge < -0.3 is 0 Å². The van der Waals surface area contributed by atoms with Crippen LogP contribution >= 0.6 is 0 Å². The first-order valence-electron chi connectivity index (χ1n) is 6.52. The van der Waals surface area contributed by atoms with Crippen molar-refractivity contribution >= 4 is 5.78 Å². The highest BCUT2D eigenvalue weighted by Crippen LogP contribution is 2.07. The van der Waals surface area contributed by atoms with Crippen LogP contribution in [-0.4, -0.2) is 5.78 Å². The summed E-state index contributed by atoms with van der Waals surface area (Å²) >= 11 is 0. The van der Waals surface area contributed by atoms with E-state index in [1.54, 1.807) is 0 Å². The summed E-state index contributed by atoms with van der Waals surface area (Å²) < 4.78 is 0. The molecule has 0 aromatic rings. The first-order chi connectivity index (χ1) is 7.89. The van der Waals surface area contributed by atoms with E-state index in [2.05, 4.69) is 17.9 Å². The zero-order valence-electron chi connectivity index (χ0n) is 10.1. The van der Waals surface area contributed by atoms with E-state index in [4.69, 9.17) is 0 Å². The molecule has 0 aromatic heterocycles. The highest BCUT2D eigenvalue weighted by Gasteiger charge is 1.98. The van der Waals surface area contributed by atoms with Crippen LogP contribution in [0, 0.1) is 11.8 Å². The Morgan fingerprint density at radius 2 is 1.62 bits per heavy atom. The molecule has 0 radical (unpaired) electrons. The monoisotopic (exact) mass is 218 g/mol. The summed E-state index contributed by atoms with van der Waals surface area (Å²) in [7, 11) is 0. The van der Waals surface area contributed by atoms with E-state index in [1.165, 1.54) is 19.3 Å². The summed E-state index contributed by atoms with van der Waals surface area (Å²) in [4.78, 5) is 11.4.